The highest BCUT2D eigenvalue weighted by atomic mass is 79.9. The van der Waals surface area contributed by atoms with Crippen molar-refractivity contribution in [2.45, 2.75) is 11.8 Å². The van der Waals surface area contributed by atoms with Gasteiger partial charge in [0.15, 0.2) is 5.13 Å². The fraction of sp³-hybridized carbons (Fsp3) is 0.0909. The highest BCUT2D eigenvalue weighted by Gasteiger charge is 2.19. The van der Waals surface area contributed by atoms with Gasteiger partial charge in [-0.2, -0.15) is 0 Å². The minimum atomic E-state index is -3.97. The molecule has 2 aromatic rings. The van der Waals surface area contributed by atoms with Crippen molar-refractivity contribution in [3.05, 3.63) is 38.8 Å². The number of carbonyl (C=O) groups excluding carboxylic acids is 1. The first kappa shape index (κ1) is 16.2. The van der Waals surface area contributed by atoms with Gasteiger partial charge in [0.1, 0.15) is 0 Å². The normalized spacial score (nSPS) is 11.2. The second-order valence-corrected chi connectivity index (χ2v) is 8.44. The third kappa shape index (κ3) is 4.16. The van der Waals surface area contributed by atoms with Gasteiger partial charge in [0.05, 0.1) is 14.9 Å². The van der Waals surface area contributed by atoms with Crippen LogP contribution in [0.1, 0.15) is 5.56 Å². The number of halogens is 2. The lowest BCUT2D eigenvalue weighted by atomic mass is 10.2. The molecule has 0 bridgehead atoms. The minimum absolute atomic E-state index is 0.0418. The molecule has 112 valence electrons. The number of anilines is 1. The molecule has 0 aliphatic heterocycles. The number of thiazole rings is 1. The first-order valence-corrected chi connectivity index (χ1v) is 8.96. The van der Waals surface area contributed by atoms with Gasteiger partial charge in [-0.05, 0) is 46.6 Å². The minimum Gasteiger partial charge on any atom is -0.283 e. The van der Waals surface area contributed by atoms with Crippen molar-refractivity contribution in [2.24, 2.45) is 0 Å². The topological polar surface area (TPSA) is 88.2 Å². The number of rotatable bonds is 3. The van der Waals surface area contributed by atoms with Crippen LogP contribution < -0.4 is 10.0 Å². The van der Waals surface area contributed by atoms with Crippen molar-refractivity contribution in [3.63, 3.8) is 0 Å². The molecule has 1 aromatic carbocycles. The number of sulfonamides is 1. The molecule has 2 N–H and O–H groups in total. The number of urea groups is 1. The number of aromatic nitrogens is 1. The molecule has 0 atom stereocenters. The smallest absolute Gasteiger partial charge is 0.283 e. The molecule has 0 radical (unpaired) electrons. The van der Waals surface area contributed by atoms with Crippen LogP contribution in [0, 0.1) is 6.92 Å². The van der Waals surface area contributed by atoms with Crippen LogP contribution in [0.4, 0.5) is 9.93 Å². The Hall–Kier alpha value is -1.16. The van der Waals surface area contributed by atoms with Crippen LogP contribution in [0.5, 0.6) is 0 Å². The maximum atomic E-state index is 12.1. The molecule has 10 heteroatoms. The number of hydrogen-bond donors (Lipinski definition) is 2. The van der Waals surface area contributed by atoms with Gasteiger partial charge in [0, 0.05) is 5.02 Å². The third-order valence-corrected chi connectivity index (χ3v) is 5.51. The summed E-state index contributed by atoms with van der Waals surface area (Å²) in [5.74, 6) is 0. The second-order valence-electron chi connectivity index (χ2n) is 3.94. The molecule has 6 nitrogen and oxygen atoms in total. The molecule has 1 aromatic heterocycles. The number of benzene rings is 1. The molecular formula is C11H9BrClN3O3S2. The van der Waals surface area contributed by atoms with Crippen molar-refractivity contribution in [1.29, 1.82) is 0 Å². The van der Waals surface area contributed by atoms with Crippen molar-refractivity contribution in [1.82, 2.24) is 9.71 Å². The highest BCUT2D eigenvalue weighted by Crippen LogP contribution is 2.23. The van der Waals surface area contributed by atoms with Gasteiger partial charge in [-0.1, -0.05) is 22.9 Å². The van der Waals surface area contributed by atoms with Crippen LogP contribution >= 0.6 is 38.9 Å². The maximum absolute atomic E-state index is 12.1. The zero-order valence-corrected chi connectivity index (χ0v) is 14.5. The summed E-state index contributed by atoms with van der Waals surface area (Å²) in [6, 6.07) is 3.29. The summed E-state index contributed by atoms with van der Waals surface area (Å²) in [5.41, 5.74) is 0.601. The van der Waals surface area contributed by atoms with Crippen molar-refractivity contribution in [2.75, 3.05) is 5.32 Å². The Labute approximate surface area is 138 Å². The van der Waals surface area contributed by atoms with Gasteiger partial charge < -0.3 is 0 Å². The summed E-state index contributed by atoms with van der Waals surface area (Å²) >= 11 is 10.2. The van der Waals surface area contributed by atoms with Gasteiger partial charge in [0.2, 0.25) is 0 Å². The number of amides is 2. The quantitative estimate of drug-likeness (QED) is 0.812. The molecule has 0 aliphatic carbocycles. The molecule has 0 unspecified atom stereocenters. The van der Waals surface area contributed by atoms with Gasteiger partial charge >= 0.3 is 6.03 Å². The molecule has 0 saturated carbocycles. The summed E-state index contributed by atoms with van der Waals surface area (Å²) in [7, 11) is -3.97. The van der Waals surface area contributed by atoms with Crippen LogP contribution in [-0.4, -0.2) is 19.4 Å². The van der Waals surface area contributed by atoms with Gasteiger partial charge in [0.25, 0.3) is 10.0 Å². The first-order valence-electron chi connectivity index (χ1n) is 5.49. The summed E-state index contributed by atoms with van der Waals surface area (Å²) in [4.78, 5) is 15.5. The lowest BCUT2D eigenvalue weighted by molar-refractivity contribution is 0.256. The van der Waals surface area contributed by atoms with E-state index in [1.165, 1.54) is 24.4 Å². The van der Waals surface area contributed by atoms with Crippen LogP contribution in [-0.2, 0) is 10.0 Å². The predicted molar refractivity (Wildman–Crippen MR) is 85.3 cm³/mol. The summed E-state index contributed by atoms with van der Waals surface area (Å²) < 4.78 is 26.7. The third-order valence-electron chi connectivity index (χ3n) is 2.36. The second kappa shape index (κ2) is 6.30. The summed E-state index contributed by atoms with van der Waals surface area (Å²) in [5, 5.41) is 3.07. The lowest BCUT2D eigenvalue weighted by Crippen LogP contribution is -2.34. The molecule has 0 saturated heterocycles. The van der Waals surface area contributed by atoms with E-state index < -0.39 is 16.1 Å². The van der Waals surface area contributed by atoms with E-state index in [0.29, 0.717) is 14.4 Å². The number of hydrogen-bond acceptors (Lipinski definition) is 5. The Kier molecular flexibility index (Phi) is 4.87. The fourth-order valence-corrected chi connectivity index (χ4v) is 3.61. The number of aryl methyl sites for hydroxylation is 1. The van der Waals surface area contributed by atoms with E-state index in [1.54, 1.807) is 6.92 Å². The van der Waals surface area contributed by atoms with Crippen LogP contribution in [0.2, 0.25) is 5.02 Å². The van der Waals surface area contributed by atoms with Crippen molar-refractivity contribution < 1.29 is 13.2 Å². The zero-order valence-electron chi connectivity index (χ0n) is 10.6. The van der Waals surface area contributed by atoms with Crippen LogP contribution in [0.3, 0.4) is 0 Å². The van der Waals surface area contributed by atoms with Crippen LogP contribution in [0.15, 0.2) is 33.1 Å². The van der Waals surface area contributed by atoms with E-state index >= 15 is 0 Å². The van der Waals surface area contributed by atoms with Gasteiger partial charge in [-0.25, -0.2) is 22.9 Å². The lowest BCUT2D eigenvalue weighted by Gasteiger charge is -2.08. The number of nitrogens with zero attached hydrogens (tertiary/aromatic N) is 1. The SMILES string of the molecule is Cc1cc(S(=O)(=O)NC(=O)Nc2ncc(Br)s2)ccc1Cl. The van der Waals surface area contributed by atoms with Crippen molar-refractivity contribution >= 4 is 60.1 Å². The molecule has 0 spiro atoms. The fourth-order valence-electron chi connectivity index (χ4n) is 1.40. The van der Waals surface area contributed by atoms with E-state index in [4.69, 9.17) is 11.6 Å². The average molecular weight is 411 g/mol. The van der Waals surface area contributed by atoms with E-state index in [0.717, 1.165) is 11.3 Å². The Morgan fingerprint density at radius 1 is 1.43 bits per heavy atom. The standard InChI is InChI=1S/C11H9BrClN3O3S2/c1-6-4-7(2-3-8(6)13)21(18,19)16-10(17)15-11-14-5-9(12)20-11/h2-5H,1H3,(H2,14,15,16,17). The van der Waals surface area contributed by atoms with E-state index in [-0.39, 0.29) is 10.0 Å². The van der Waals surface area contributed by atoms with E-state index in [1.807, 2.05) is 4.72 Å². The maximum Gasteiger partial charge on any atom is 0.334 e. The Balaban J connectivity index is 2.13. The highest BCUT2D eigenvalue weighted by molar-refractivity contribution is 9.11. The monoisotopic (exact) mass is 409 g/mol. The number of carbonyl (C=O) groups is 1. The van der Waals surface area contributed by atoms with Gasteiger partial charge in [-0.3, -0.25) is 5.32 Å². The molecule has 2 rings (SSSR count). The zero-order chi connectivity index (χ0) is 15.6. The Bertz CT molecular complexity index is 792. The molecule has 1 heterocycles. The van der Waals surface area contributed by atoms with Gasteiger partial charge in [-0.15, -0.1) is 0 Å². The molecular weight excluding hydrogens is 402 g/mol. The molecule has 0 fully saturated rings. The van der Waals surface area contributed by atoms with Crippen LogP contribution in [0.25, 0.3) is 0 Å². The predicted octanol–water partition coefficient (Wildman–Crippen LogP) is 3.38. The summed E-state index contributed by atoms with van der Waals surface area (Å²) in [6.45, 7) is 1.68. The van der Waals surface area contributed by atoms with Crippen molar-refractivity contribution in [3.8, 4) is 0 Å². The van der Waals surface area contributed by atoms with E-state index in [9.17, 15) is 13.2 Å². The first-order chi connectivity index (χ1) is 9.78. The number of nitrogens with one attached hydrogen (secondary N) is 2. The van der Waals surface area contributed by atoms with E-state index in [2.05, 4.69) is 26.2 Å². The molecule has 0 aliphatic rings. The molecule has 2 amide bonds. The Morgan fingerprint density at radius 2 is 2.14 bits per heavy atom. The summed E-state index contributed by atoms with van der Waals surface area (Å²) in [6.07, 6.45) is 1.50. The molecule has 21 heavy (non-hydrogen) atoms. The average Bonchev–Trinajstić information content (AvgIpc) is 2.77. The largest absolute Gasteiger partial charge is 0.334 e. The Morgan fingerprint density at radius 3 is 2.71 bits per heavy atom.